The van der Waals surface area contributed by atoms with Crippen LogP contribution in [0.2, 0.25) is 0 Å². The summed E-state index contributed by atoms with van der Waals surface area (Å²) in [5, 5.41) is 7.31. The van der Waals surface area contributed by atoms with Gasteiger partial charge in [0.1, 0.15) is 11.2 Å². The fourth-order valence-corrected chi connectivity index (χ4v) is 9.24. The molecule has 2 nitrogen and oxygen atoms in total. The molecule has 0 saturated carbocycles. The zero-order chi connectivity index (χ0) is 36.3. The van der Waals surface area contributed by atoms with Gasteiger partial charge in [0.05, 0.1) is 5.69 Å². The van der Waals surface area contributed by atoms with Gasteiger partial charge < -0.3 is 9.32 Å². The number of benzene rings is 9. The quantitative estimate of drug-likeness (QED) is 0.170. The van der Waals surface area contributed by atoms with Crippen molar-refractivity contribution in [2.24, 2.45) is 0 Å². The Balaban J connectivity index is 1.07. The van der Waals surface area contributed by atoms with Crippen molar-refractivity contribution in [1.29, 1.82) is 0 Å². The average Bonchev–Trinajstić information content (AvgIpc) is 3.82. The van der Waals surface area contributed by atoms with E-state index in [4.69, 9.17) is 4.42 Å². The van der Waals surface area contributed by atoms with Crippen LogP contribution in [0.25, 0.3) is 86.3 Å². The van der Waals surface area contributed by atoms with E-state index >= 15 is 0 Å². The Morgan fingerprint density at radius 1 is 0.327 bits per heavy atom. The summed E-state index contributed by atoms with van der Waals surface area (Å²) in [6, 6.07) is 72.4. The van der Waals surface area contributed by atoms with Crippen LogP contribution in [0.5, 0.6) is 0 Å². The molecule has 0 amide bonds. The Morgan fingerprint density at radius 3 is 1.71 bits per heavy atom. The molecule has 258 valence electrons. The minimum atomic E-state index is 0.904. The Kier molecular flexibility index (Phi) is 7.39. The van der Waals surface area contributed by atoms with Crippen LogP contribution in [0.1, 0.15) is 0 Å². The molecule has 0 aliphatic rings. The maximum Gasteiger partial charge on any atom is 0.135 e. The molecule has 55 heavy (non-hydrogen) atoms. The van der Waals surface area contributed by atoms with Gasteiger partial charge in [0, 0.05) is 47.7 Å². The highest BCUT2D eigenvalue weighted by Crippen LogP contribution is 2.42. The molecule has 2 aromatic heterocycles. The molecule has 9 aromatic carbocycles. The largest absolute Gasteiger partial charge is 0.456 e. The van der Waals surface area contributed by atoms with E-state index in [1.165, 1.54) is 53.2 Å². The molecule has 0 aliphatic carbocycles. The van der Waals surface area contributed by atoms with E-state index in [0.29, 0.717) is 0 Å². The summed E-state index contributed by atoms with van der Waals surface area (Å²) in [6.45, 7) is 0. The molecule has 11 rings (SSSR count). The Labute approximate surface area is 322 Å². The van der Waals surface area contributed by atoms with E-state index in [-0.39, 0.29) is 0 Å². The SMILES string of the molecule is c1ccc(N(c2ccc(-c3cc(-c4ccc5oc6ccccc6c5c4)cc(-c4ccc5sc6ccccc6c5c4)c3)cc2)c2cccc3ccccc23)cc1. The van der Waals surface area contributed by atoms with E-state index in [1.54, 1.807) is 0 Å². The number of hydrogen-bond donors (Lipinski definition) is 0. The first kappa shape index (κ1) is 31.6. The Bertz CT molecular complexity index is 3070. The first-order valence-electron chi connectivity index (χ1n) is 18.7. The molecule has 0 bridgehead atoms. The second kappa shape index (κ2) is 12.9. The number of nitrogens with zero attached hydrogens (tertiary/aromatic N) is 1. The van der Waals surface area contributed by atoms with Crippen molar-refractivity contribution in [3.05, 3.63) is 200 Å². The smallest absolute Gasteiger partial charge is 0.135 e. The van der Waals surface area contributed by atoms with Gasteiger partial charge in [-0.3, -0.25) is 0 Å². The predicted octanol–water partition coefficient (Wildman–Crippen LogP) is 15.6. The van der Waals surface area contributed by atoms with Crippen molar-refractivity contribution in [2.75, 3.05) is 4.90 Å². The molecular weight excluding hydrogens is 687 g/mol. The molecule has 0 spiro atoms. The third kappa shape index (κ3) is 5.48. The van der Waals surface area contributed by atoms with Crippen LogP contribution in [0.4, 0.5) is 17.1 Å². The third-order valence-corrected chi connectivity index (χ3v) is 12.0. The van der Waals surface area contributed by atoms with Gasteiger partial charge in [-0.05, 0) is 124 Å². The second-order valence-electron chi connectivity index (χ2n) is 14.1. The van der Waals surface area contributed by atoms with Gasteiger partial charge in [-0.2, -0.15) is 0 Å². The van der Waals surface area contributed by atoms with E-state index in [9.17, 15) is 0 Å². The van der Waals surface area contributed by atoms with Crippen LogP contribution >= 0.6 is 11.3 Å². The first-order valence-corrected chi connectivity index (χ1v) is 19.5. The Morgan fingerprint density at radius 2 is 0.891 bits per heavy atom. The number of para-hydroxylation sites is 2. The van der Waals surface area contributed by atoms with Crippen LogP contribution in [0.15, 0.2) is 205 Å². The fourth-order valence-electron chi connectivity index (χ4n) is 8.15. The molecule has 3 heteroatoms. The molecule has 11 aromatic rings. The highest BCUT2D eigenvalue weighted by Gasteiger charge is 2.17. The maximum atomic E-state index is 6.21. The molecule has 0 N–H and O–H groups in total. The highest BCUT2D eigenvalue weighted by atomic mass is 32.1. The number of thiophene rings is 1. The summed E-state index contributed by atoms with van der Waals surface area (Å²) in [5.74, 6) is 0. The Hall–Kier alpha value is -6.94. The van der Waals surface area contributed by atoms with Crippen LogP contribution in [-0.4, -0.2) is 0 Å². The van der Waals surface area contributed by atoms with E-state index < -0.39 is 0 Å². The van der Waals surface area contributed by atoms with Crippen molar-refractivity contribution in [3.8, 4) is 33.4 Å². The molecule has 0 fully saturated rings. The molecule has 0 radical (unpaired) electrons. The summed E-state index contributed by atoms with van der Waals surface area (Å²) in [4.78, 5) is 2.36. The summed E-state index contributed by atoms with van der Waals surface area (Å²) >= 11 is 1.86. The average molecular weight is 720 g/mol. The number of rotatable bonds is 6. The zero-order valence-electron chi connectivity index (χ0n) is 29.8. The lowest BCUT2D eigenvalue weighted by Gasteiger charge is -2.27. The molecule has 0 saturated heterocycles. The van der Waals surface area contributed by atoms with Gasteiger partial charge in [0.15, 0.2) is 0 Å². The lowest BCUT2D eigenvalue weighted by atomic mass is 9.92. The van der Waals surface area contributed by atoms with Crippen molar-refractivity contribution < 1.29 is 4.42 Å². The first-order chi connectivity index (χ1) is 27.2. The number of anilines is 3. The van der Waals surface area contributed by atoms with Gasteiger partial charge in [0.25, 0.3) is 0 Å². The van der Waals surface area contributed by atoms with Crippen molar-refractivity contribution in [1.82, 2.24) is 0 Å². The van der Waals surface area contributed by atoms with Crippen LogP contribution in [0, 0.1) is 0 Å². The molecule has 2 heterocycles. The van der Waals surface area contributed by atoms with Crippen LogP contribution in [0.3, 0.4) is 0 Å². The summed E-state index contributed by atoms with van der Waals surface area (Å²) in [7, 11) is 0. The van der Waals surface area contributed by atoms with Crippen molar-refractivity contribution in [2.45, 2.75) is 0 Å². The normalized spacial score (nSPS) is 11.6. The van der Waals surface area contributed by atoms with Gasteiger partial charge in [-0.1, -0.05) is 115 Å². The summed E-state index contributed by atoms with van der Waals surface area (Å²) < 4.78 is 8.84. The van der Waals surface area contributed by atoms with E-state index in [2.05, 4.69) is 193 Å². The number of furan rings is 1. The molecule has 0 aliphatic heterocycles. The van der Waals surface area contributed by atoms with Gasteiger partial charge in [-0.15, -0.1) is 11.3 Å². The summed E-state index contributed by atoms with van der Waals surface area (Å²) in [6.07, 6.45) is 0. The topological polar surface area (TPSA) is 16.4 Å². The monoisotopic (exact) mass is 719 g/mol. The predicted molar refractivity (Wildman–Crippen MR) is 235 cm³/mol. The lowest BCUT2D eigenvalue weighted by Crippen LogP contribution is -2.10. The van der Waals surface area contributed by atoms with E-state index in [1.807, 2.05) is 23.5 Å². The van der Waals surface area contributed by atoms with Crippen LogP contribution in [-0.2, 0) is 0 Å². The molecule has 0 atom stereocenters. The number of fused-ring (bicyclic) bond motifs is 7. The van der Waals surface area contributed by atoms with Crippen molar-refractivity contribution >= 4 is 81.3 Å². The van der Waals surface area contributed by atoms with Crippen LogP contribution < -0.4 is 4.90 Å². The molecular formula is C52H33NOS. The second-order valence-corrected chi connectivity index (χ2v) is 15.2. The highest BCUT2D eigenvalue weighted by molar-refractivity contribution is 7.25. The van der Waals surface area contributed by atoms with E-state index in [0.717, 1.165) is 50.1 Å². The van der Waals surface area contributed by atoms with Gasteiger partial charge in [-0.25, -0.2) is 0 Å². The summed E-state index contributed by atoms with van der Waals surface area (Å²) in [5.41, 5.74) is 12.2. The lowest BCUT2D eigenvalue weighted by molar-refractivity contribution is 0.669. The standard InChI is InChI=1S/C52H33NOS/c1-2-13-41(14-3-1)53(48-18-10-12-35-11-4-5-15-43(35)48)42-25-21-34(22-26-42)38-29-39(36-23-27-50-46(32-36)44-16-6-8-19-49(44)54-50)31-40(30-38)37-24-28-52-47(33-37)45-17-7-9-20-51(45)55-52/h1-33H. The van der Waals surface area contributed by atoms with Crippen molar-refractivity contribution in [3.63, 3.8) is 0 Å². The minimum Gasteiger partial charge on any atom is -0.456 e. The third-order valence-electron chi connectivity index (χ3n) is 10.8. The van der Waals surface area contributed by atoms with Gasteiger partial charge >= 0.3 is 0 Å². The number of hydrogen-bond acceptors (Lipinski definition) is 3. The molecule has 0 unspecified atom stereocenters. The zero-order valence-corrected chi connectivity index (χ0v) is 30.6. The van der Waals surface area contributed by atoms with Gasteiger partial charge in [0.2, 0.25) is 0 Å². The fraction of sp³-hybridized carbons (Fsp3) is 0. The minimum absolute atomic E-state index is 0.904. The maximum absolute atomic E-state index is 6.21.